The molecule has 3 atom stereocenters. The zero-order valence-corrected chi connectivity index (χ0v) is 15.1. The lowest BCUT2D eigenvalue weighted by Gasteiger charge is -2.27. The fraction of sp³-hybridized carbons (Fsp3) is 0.750. The highest BCUT2D eigenvalue weighted by molar-refractivity contribution is 5.93. The molecular weight excluding hydrogens is 342 g/mol. The molecule has 0 aromatic rings. The van der Waals surface area contributed by atoms with Crippen LogP contribution in [0.15, 0.2) is 0 Å². The van der Waals surface area contributed by atoms with Crippen LogP contribution >= 0.6 is 0 Å². The van der Waals surface area contributed by atoms with Crippen LogP contribution < -0.4 is 22.1 Å². The van der Waals surface area contributed by atoms with E-state index in [0.717, 1.165) is 12.8 Å². The fourth-order valence-corrected chi connectivity index (χ4v) is 2.84. The number of hydrogen-bond acceptors (Lipinski definition) is 6. The smallest absolute Gasteiger partial charge is 0.322 e. The minimum absolute atomic E-state index is 0.275. The van der Waals surface area contributed by atoms with Crippen molar-refractivity contribution in [3.63, 3.8) is 0 Å². The number of carboxylic acids is 1. The lowest BCUT2D eigenvalue weighted by atomic mass is 10.1. The van der Waals surface area contributed by atoms with Crippen molar-refractivity contribution in [1.82, 2.24) is 15.5 Å². The van der Waals surface area contributed by atoms with E-state index in [-0.39, 0.29) is 5.91 Å². The highest BCUT2D eigenvalue weighted by atomic mass is 16.4. The van der Waals surface area contributed by atoms with Gasteiger partial charge in [0.15, 0.2) is 0 Å². The van der Waals surface area contributed by atoms with Gasteiger partial charge in [0.25, 0.3) is 0 Å². The predicted molar refractivity (Wildman–Crippen MR) is 93.9 cm³/mol. The number of unbranched alkanes of at least 4 members (excludes halogenated alkanes) is 1. The highest BCUT2D eigenvalue weighted by Gasteiger charge is 2.36. The molecule has 7 N–H and O–H groups in total. The van der Waals surface area contributed by atoms with Crippen molar-refractivity contribution in [2.75, 3.05) is 19.6 Å². The number of carbonyl (C=O) groups is 4. The lowest BCUT2D eigenvalue weighted by molar-refractivity contribution is -0.141. The highest BCUT2D eigenvalue weighted by Crippen LogP contribution is 2.19. The Morgan fingerprint density at radius 1 is 1.27 bits per heavy atom. The first-order chi connectivity index (χ1) is 12.3. The molecule has 1 saturated heterocycles. The molecule has 3 amide bonds. The van der Waals surface area contributed by atoms with Crippen molar-refractivity contribution < 1.29 is 24.3 Å². The molecule has 1 heterocycles. The molecule has 1 aliphatic heterocycles. The first-order valence-electron chi connectivity index (χ1n) is 8.84. The van der Waals surface area contributed by atoms with Crippen molar-refractivity contribution >= 4 is 23.7 Å². The third kappa shape index (κ3) is 6.60. The summed E-state index contributed by atoms with van der Waals surface area (Å²) in [6.45, 7) is 1.91. The van der Waals surface area contributed by atoms with E-state index in [4.69, 9.17) is 16.6 Å². The number of rotatable bonds is 10. The number of nitrogens with two attached hydrogens (primary N) is 2. The van der Waals surface area contributed by atoms with E-state index >= 15 is 0 Å². The van der Waals surface area contributed by atoms with Gasteiger partial charge in [0, 0.05) is 6.54 Å². The number of carbonyl (C=O) groups excluding carboxylic acids is 3. The van der Waals surface area contributed by atoms with Gasteiger partial charge in [0.1, 0.15) is 18.6 Å². The molecule has 1 fully saturated rings. The number of hydrogen-bond donors (Lipinski definition) is 5. The fourth-order valence-electron chi connectivity index (χ4n) is 2.84. The summed E-state index contributed by atoms with van der Waals surface area (Å²) < 4.78 is 0. The molecule has 0 aromatic heterocycles. The van der Waals surface area contributed by atoms with Crippen molar-refractivity contribution in [2.45, 2.75) is 57.2 Å². The Hall–Kier alpha value is -2.20. The molecule has 0 spiro atoms. The summed E-state index contributed by atoms with van der Waals surface area (Å²) in [5.74, 6) is -2.49. The number of nitrogens with one attached hydrogen (secondary N) is 2. The monoisotopic (exact) mass is 371 g/mol. The summed E-state index contributed by atoms with van der Waals surface area (Å²) in [5, 5.41) is 13.3. The molecule has 0 aliphatic carbocycles. The van der Waals surface area contributed by atoms with Crippen LogP contribution in [0.3, 0.4) is 0 Å². The third-order valence-corrected chi connectivity index (χ3v) is 4.29. The topological polar surface area (TPSA) is 168 Å². The maximum absolute atomic E-state index is 12.5. The van der Waals surface area contributed by atoms with Gasteiger partial charge in [0.05, 0.1) is 6.04 Å². The molecule has 10 heteroatoms. The zero-order chi connectivity index (χ0) is 19.7. The summed E-state index contributed by atoms with van der Waals surface area (Å²) >= 11 is 0. The van der Waals surface area contributed by atoms with Gasteiger partial charge in [-0.1, -0.05) is 6.42 Å². The average Bonchev–Trinajstić information content (AvgIpc) is 3.08. The number of carboxylic acid groups (broad SMARTS) is 1. The Kier molecular flexibility index (Phi) is 9.00. The van der Waals surface area contributed by atoms with Gasteiger partial charge in [-0.15, -0.1) is 0 Å². The van der Waals surface area contributed by atoms with Gasteiger partial charge in [-0.05, 0) is 39.2 Å². The Morgan fingerprint density at radius 2 is 1.96 bits per heavy atom. The summed E-state index contributed by atoms with van der Waals surface area (Å²) in [5.41, 5.74) is 11.4. The molecule has 148 valence electrons. The summed E-state index contributed by atoms with van der Waals surface area (Å²) in [4.78, 5) is 48.6. The largest absolute Gasteiger partial charge is 0.480 e. The summed E-state index contributed by atoms with van der Waals surface area (Å²) in [6, 6.07) is -2.25. The lowest BCUT2D eigenvalue weighted by Crippen LogP contribution is -2.54. The molecule has 0 unspecified atom stereocenters. The van der Waals surface area contributed by atoms with Gasteiger partial charge in [-0.25, -0.2) is 0 Å². The molecule has 0 aromatic carbocycles. The second-order valence-corrected chi connectivity index (χ2v) is 6.42. The Morgan fingerprint density at radius 3 is 2.58 bits per heavy atom. The SMILES string of the molecule is C[C@H](NC(=O)[C@@H]1CCCN1C(=O)[C@@H](N)CCCCN)C(=O)NCC(=O)O. The second kappa shape index (κ2) is 10.7. The third-order valence-electron chi connectivity index (χ3n) is 4.29. The standard InChI is InChI=1S/C16H29N5O5/c1-10(14(24)19-9-13(22)23)20-15(25)12-6-4-8-21(12)16(26)11(18)5-2-3-7-17/h10-12H,2-9,17-18H2,1H3,(H,19,24)(H,20,25)(H,22,23)/t10-,11-,12-/m0/s1. The first kappa shape index (κ1) is 21.8. The number of nitrogens with zero attached hydrogens (tertiary/aromatic N) is 1. The van der Waals surface area contributed by atoms with Crippen LogP contribution in [0.25, 0.3) is 0 Å². The molecule has 0 radical (unpaired) electrons. The van der Waals surface area contributed by atoms with E-state index in [9.17, 15) is 19.2 Å². The number of aliphatic carboxylic acids is 1. The Balaban J connectivity index is 2.57. The first-order valence-corrected chi connectivity index (χ1v) is 8.84. The summed E-state index contributed by atoms with van der Waals surface area (Å²) in [7, 11) is 0. The van der Waals surface area contributed by atoms with Crippen LogP contribution in [0.5, 0.6) is 0 Å². The minimum Gasteiger partial charge on any atom is -0.480 e. The van der Waals surface area contributed by atoms with Crippen LogP contribution in [0.4, 0.5) is 0 Å². The maximum atomic E-state index is 12.5. The molecule has 1 aliphatic rings. The van der Waals surface area contributed by atoms with Gasteiger partial charge in [-0.2, -0.15) is 0 Å². The second-order valence-electron chi connectivity index (χ2n) is 6.42. The summed E-state index contributed by atoms with van der Waals surface area (Å²) in [6.07, 6.45) is 3.22. The maximum Gasteiger partial charge on any atom is 0.322 e. The molecule has 0 saturated carbocycles. The van der Waals surface area contributed by atoms with Crippen molar-refractivity contribution in [3.8, 4) is 0 Å². The van der Waals surface area contributed by atoms with Gasteiger partial charge in [-0.3, -0.25) is 19.2 Å². The van der Waals surface area contributed by atoms with E-state index in [1.807, 2.05) is 0 Å². The van der Waals surface area contributed by atoms with Crippen molar-refractivity contribution in [2.24, 2.45) is 11.5 Å². The van der Waals surface area contributed by atoms with Gasteiger partial charge >= 0.3 is 5.97 Å². The van der Waals surface area contributed by atoms with Crippen LogP contribution in [0.2, 0.25) is 0 Å². The predicted octanol–water partition coefficient (Wildman–Crippen LogP) is -1.86. The molecule has 1 rings (SSSR count). The van der Waals surface area contributed by atoms with Crippen LogP contribution in [-0.2, 0) is 19.2 Å². The minimum atomic E-state index is -1.17. The average molecular weight is 371 g/mol. The molecule has 10 nitrogen and oxygen atoms in total. The van der Waals surface area contributed by atoms with Gasteiger partial charge in [0.2, 0.25) is 17.7 Å². The molecular formula is C16H29N5O5. The Labute approximate surface area is 152 Å². The van der Waals surface area contributed by atoms with E-state index < -0.39 is 42.5 Å². The zero-order valence-electron chi connectivity index (χ0n) is 15.1. The van der Waals surface area contributed by atoms with E-state index in [1.54, 1.807) is 0 Å². The van der Waals surface area contributed by atoms with E-state index in [2.05, 4.69) is 10.6 Å². The van der Waals surface area contributed by atoms with Crippen molar-refractivity contribution in [3.05, 3.63) is 0 Å². The van der Waals surface area contributed by atoms with E-state index in [0.29, 0.717) is 32.4 Å². The van der Waals surface area contributed by atoms with Crippen LogP contribution in [-0.4, -0.2) is 71.5 Å². The van der Waals surface area contributed by atoms with Gasteiger partial charge < -0.3 is 32.1 Å². The molecule has 26 heavy (non-hydrogen) atoms. The van der Waals surface area contributed by atoms with E-state index in [1.165, 1.54) is 11.8 Å². The van der Waals surface area contributed by atoms with Crippen LogP contribution in [0, 0.1) is 0 Å². The number of amides is 3. The quantitative estimate of drug-likeness (QED) is 0.280. The number of likely N-dealkylation sites (tertiary alicyclic amines) is 1. The normalized spacial score (nSPS) is 18.9. The van der Waals surface area contributed by atoms with Crippen molar-refractivity contribution in [1.29, 1.82) is 0 Å². The Bertz CT molecular complexity index is 527. The van der Waals surface area contributed by atoms with Crippen LogP contribution in [0.1, 0.15) is 39.0 Å². The molecule has 0 bridgehead atoms.